The first-order chi connectivity index (χ1) is 15.2. The Morgan fingerprint density at radius 1 is 1.28 bits per heavy atom. The van der Waals surface area contributed by atoms with Gasteiger partial charge in [-0.05, 0) is 60.4 Å². The molecular weight excluding hydrogens is 465 g/mol. The highest BCUT2D eigenvalue weighted by Gasteiger charge is 2.46. The summed E-state index contributed by atoms with van der Waals surface area (Å²) >= 11 is 13.8. The molecule has 1 atom stereocenters. The molecule has 7 nitrogen and oxygen atoms in total. The summed E-state index contributed by atoms with van der Waals surface area (Å²) in [5, 5.41) is 1.61. The molecule has 2 aromatic rings. The Morgan fingerprint density at radius 2 is 2.00 bits per heavy atom. The van der Waals surface area contributed by atoms with Gasteiger partial charge in [-0.15, -0.1) is 0 Å². The Bertz CT molecular complexity index is 1090. The Labute approximate surface area is 202 Å². The van der Waals surface area contributed by atoms with Crippen molar-refractivity contribution in [2.45, 2.75) is 37.1 Å². The summed E-state index contributed by atoms with van der Waals surface area (Å²) in [5.41, 5.74) is 28.4. The maximum atomic E-state index is 6.70. The van der Waals surface area contributed by atoms with Crippen molar-refractivity contribution in [1.82, 2.24) is 9.88 Å². The number of fused-ring (bicyclic) bond motifs is 1. The van der Waals surface area contributed by atoms with Crippen LogP contribution in [-0.4, -0.2) is 28.9 Å². The maximum Gasteiger partial charge on any atom is 0.195 e. The molecule has 1 aromatic carbocycles. The van der Waals surface area contributed by atoms with Gasteiger partial charge in [0.15, 0.2) is 5.96 Å². The van der Waals surface area contributed by atoms with Crippen LogP contribution in [0, 0.1) is 12.3 Å². The fraction of sp³-hybridized carbons (Fsp3) is 0.364. The van der Waals surface area contributed by atoms with E-state index >= 15 is 0 Å². The molecule has 1 spiro atoms. The summed E-state index contributed by atoms with van der Waals surface area (Å²) in [7, 11) is 0. The number of rotatable bonds is 3. The lowest BCUT2D eigenvalue weighted by atomic mass is 9.73. The van der Waals surface area contributed by atoms with Crippen LogP contribution in [0.2, 0.25) is 10.0 Å². The van der Waals surface area contributed by atoms with Crippen LogP contribution in [0.4, 0.5) is 5.82 Å². The largest absolute Gasteiger partial charge is 0.392 e. The SMILES string of the molecule is Cc1cc2c(cc1Cl)C(N)C1(CCN(C(N)=N/C=C(\N)Sc3ccnc(N)c3Cl)CC1)C2. The topological polar surface area (TPSA) is 133 Å². The van der Waals surface area contributed by atoms with Crippen LogP contribution in [0.3, 0.4) is 0 Å². The fourth-order valence-electron chi connectivity index (χ4n) is 4.57. The number of aliphatic imine (C=N–C) groups is 1. The average Bonchev–Trinajstić information content (AvgIpc) is 3.01. The second-order valence-corrected chi connectivity index (χ2v) is 10.3. The number of nitrogen functional groups attached to an aromatic ring is 1. The van der Waals surface area contributed by atoms with E-state index in [4.69, 9.17) is 46.1 Å². The number of hydrogen-bond donors (Lipinski definition) is 4. The lowest BCUT2D eigenvalue weighted by molar-refractivity contribution is 0.127. The molecule has 8 N–H and O–H groups in total. The van der Waals surface area contributed by atoms with Crippen LogP contribution in [0.5, 0.6) is 0 Å². The highest BCUT2D eigenvalue weighted by atomic mass is 35.5. The molecule has 10 heteroatoms. The molecule has 2 heterocycles. The summed E-state index contributed by atoms with van der Waals surface area (Å²) in [6, 6.07) is 5.96. The zero-order chi connectivity index (χ0) is 23.0. The zero-order valence-corrected chi connectivity index (χ0v) is 20.1. The second-order valence-electron chi connectivity index (χ2n) is 8.43. The van der Waals surface area contributed by atoms with Crippen molar-refractivity contribution in [3.8, 4) is 0 Å². The molecule has 0 saturated carbocycles. The Morgan fingerprint density at radius 3 is 2.72 bits per heavy atom. The summed E-state index contributed by atoms with van der Waals surface area (Å²) in [6.45, 7) is 3.61. The van der Waals surface area contributed by atoms with E-state index in [9.17, 15) is 0 Å². The van der Waals surface area contributed by atoms with Gasteiger partial charge >= 0.3 is 0 Å². The fourth-order valence-corrected chi connectivity index (χ4v) is 5.65. The highest BCUT2D eigenvalue weighted by Crippen LogP contribution is 2.51. The van der Waals surface area contributed by atoms with Gasteiger partial charge < -0.3 is 27.8 Å². The molecule has 1 aliphatic heterocycles. The lowest BCUT2D eigenvalue weighted by Gasteiger charge is -2.42. The van der Waals surface area contributed by atoms with E-state index in [0.717, 1.165) is 42.9 Å². The van der Waals surface area contributed by atoms with E-state index in [1.807, 2.05) is 13.0 Å². The monoisotopic (exact) mass is 491 g/mol. The van der Waals surface area contributed by atoms with E-state index in [1.165, 1.54) is 22.9 Å². The molecule has 0 amide bonds. The van der Waals surface area contributed by atoms with Gasteiger partial charge in [0, 0.05) is 35.2 Å². The van der Waals surface area contributed by atoms with Gasteiger partial charge in [0.25, 0.3) is 0 Å². The summed E-state index contributed by atoms with van der Waals surface area (Å²) < 4.78 is 0. The zero-order valence-electron chi connectivity index (χ0n) is 17.8. The highest BCUT2D eigenvalue weighted by molar-refractivity contribution is 8.03. The predicted molar refractivity (Wildman–Crippen MR) is 133 cm³/mol. The molecular formula is C22H27Cl2N7S. The third kappa shape index (κ3) is 4.37. The first-order valence-corrected chi connectivity index (χ1v) is 11.9. The predicted octanol–water partition coefficient (Wildman–Crippen LogP) is 3.78. The minimum atomic E-state index is -0.0135. The molecule has 1 aromatic heterocycles. The van der Waals surface area contributed by atoms with Crippen LogP contribution >= 0.6 is 35.0 Å². The number of aryl methyl sites for hydroxylation is 1. The van der Waals surface area contributed by atoms with Crippen LogP contribution < -0.4 is 22.9 Å². The molecule has 1 fully saturated rings. The van der Waals surface area contributed by atoms with Gasteiger partial charge in [0.2, 0.25) is 0 Å². The van der Waals surface area contributed by atoms with Crippen molar-refractivity contribution in [3.05, 3.63) is 62.4 Å². The number of aromatic nitrogens is 1. The molecule has 1 saturated heterocycles. The summed E-state index contributed by atoms with van der Waals surface area (Å²) in [6.07, 6.45) is 5.98. The van der Waals surface area contributed by atoms with Crippen LogP contribution in [0.15, 0.2) is 45.5 Å². The molecule has 2 aliphatic rings. The number of hydrogen-bond acceptors (Lipinski definition) is 6. The molecule has 1 unspecified atom stereocenters. The molecule has 1 aliphatic carbocycles. The number of pyridine rings is 1. The van der Waals surface area contributed by atoms with Gasteiger partial charge in [0.1, 0.15) is 5.82 Å². The average molecular weight is 492 g/mol. The minimum Gasteiger partial charge on any atom is -0.392 e. The Kier molecular flexibility index (Phi) is 6.49. The van der Waals surface area contributed by atoms with E-state index in [2.05, 4.69) is 20.9 Å². The third-order valence-electron chi connectivity index (χ3n) is 6.47. The lowest BCUT2D eigenvalue weighted by Crippen LogP contribution is -2.48. The van der Waals surface area contributed by atoms with Gasteiger partial charge in [0.05, 0.1) is 16.3 Å². The first kappa shape index (κ1) is 23.0. The summed E-state index contributed by atoms with van der Waals surface area (Å²) in [4.78, 5) is 11.1. The van der Waals surface area contributed by atoms with E-state index < -0.39 is 0 Å². The van der Waals surface area contributed by atoms with Gasteiger partial charge in [-0.1, -0.05) is 41.0 Å². The quantitative estimate of drug-likeness (QED) is 0.291. The Balaban J connectivity index is 1.40. The van der Waals surface area contributed by atoms with Crippen molar-refractivity contribution >= 4 is 46.7 Å². The number of nitrogens with zero attached hydrogens (tertiary/aromatic N) is 3. The van der Waals surface area contributed by atoms with E-state index in [0.29, 0.717) is 20.9 Å². The number of guanidine groups is 1. The summed E-state index contributed by atoms with van der Waals surface area (Å²) in [5.74, 6) is 0.700. The Hall–Kier alpha value is -2.13. The molecule has 32 heavy (non-hydrogen) atoms. The number of halogens is 2. The van der Waals surface area contributed by atoms with Crippen LogP contribution in [0.25, 0.3) is 0 Å². The normalized spacial score (nSPS) is 20.6. The third-order valence-corrected chi connectivity index (χ3v) is 8.29. The van der Waals surface area contributed by atoms with Crippen molar-refractivity contribution in [2.24, 2.45) is 27.6 Å². The van der Waals surface area contributed by atoms with Gasteiger partial charge in [-0.3, -0.25) is 0 Å². The molecule has 170 valence electrons. The number of piperidine rings is 1. The number of nitrogens with two attached hydrogens (primary N) is 4. The standard InChI is InChI=1S/C22H27Cl2N7S/c1-12-8-13-10-22(19(26)14(13)9-15(12)23)3-6-31(7-4-22)21(28)30-11-17(25)32-16-2-5-29-20(27)18(16)24/h2,5,8-9,11,19H,3-4,6-7,10,25-26H2,1H3,(H2,27,29)(H2,28,30)/b17-11+. The van der Waals surface area contributed by atoms with Gasteiger partial charge in [-0.25, -0.2) is 9.98 Å². The maximum absolute atomic E-state index is 6.70. The minimum absolute atomic E-state index is 0.0135. The van der Waals surface area contributed by atoms with Crippen molar-refractivity contribution in [3.63, 3.8) is 0 Å². The van der Waals surface area contributed by atoms with E-state index in [1.54, 1.807) is 18.5 Å². The number of thioether (sulfide) groups is 1. The molecule has 4 rings (SSSR count). The first-order valence-electron chi connectivity index (χ1n) is 10.4. The van der Waals surface area contributed by atoms with E-state index in [-0.39, 0.29) is 17.3 Å². The smallest absolute Gasteiger partial charge is 0.195 e. The van der Waals surface area contributed by atoms with Crippen molar-refractivity contribution in [1.29, 1.82) is 0 Å². The number of anilines is 1. The second kappa shape index (κ2) is 9.02. The van der Waals surface area contributed by atoms with Crippen molar-refractivity contribution < 1.29 is 0 Å². The molecule has 0 bridgehead atoms. The number of benzene rings is 1. The van der Waals surface area contributed by atoms with Crippen molar-refractivity contribution in [2.75, 3.05) is 18.8 Å². The van der Waals surface area contributed by atoms with Gasteiger partial charge in [-0.2, -0.15) is 0 Å². The van der Waals surface area contributed by atoms with Crippen LogP contribution in [0.1, 0.15) is 35.6 Å². The molecule has 0 radical (unpaired) electrons. The van der Waals surface area contributed by atoms with Crippen LogP contribution in [-0.2, 0) is 6.42 Å². The number of likely N-dealkylation sites (tertiary alicyclic amines) is 1.